The molecule has 3 rings (SSSR count). The lowest BCUT2D eigenvalue weighted by Crippen LogP contribution is -2.40. The fourth-order valence-corrected chi connectivity index (χ4v) is 4.15. The van der Waals surface area contributed by atoms with Crippen LogP contribution in [0.25, 0.3) is 0 Å². The summed E-state index contributed by atoms with van der Waals surface area (Å²) in [5, 5.41) is 5.92. The minimum absolute atomic E-state index is 0.760. The molecule has 1 aromatic rings. The van der Waals surface area contributed by atoms with Crippen LogP contribution in [-0.2, 0) is 6.54 Å². The van der Waals surface area contributed by atoms with Crippen molar-refractivity contribution in [2.45, 2.75) is 25.4 Å². The van der Waals surface area contributed by atoms with Gasteiger partial charge in [-0.1, -0.05) is 0 Å². The number of nitrogens with zero attached hydrogens (tertiary/aromatic N) is 1. The number of hydrogen-bond donors (Lipinski definition) is 1. The lowest BCUT2D eigenvalue weighted by Gasteiger charge is -2.24. The van der Waals surface area contributed by atoms with Gasteiger partial charge < -0.3 is 5.32 Å². The van der Waals surface area contributed by atoms with Gasteiger partial charge in [-0.05, 0) is 58.2 Å². The Kier molecular flexibility index (Phi) is 3.34. The van der Waals surface area contributed by atoms with Crippen molar-refractivity contribution in [2.75, 3.05) is 19.6 Å². The normalized spacial score (nSPS) is 30.6. The molecule has 1 N–H and O–H groups in total. The van der Waals surface area contributed by atoms with Crippen LogP contribution in [0.5, 0.6) is 0 Å². The Hall–Kier alpha value is 0.1000. The number of piperidine rings is 1. The zero-order valence-corrected chi connectivity index (χ0v) is 11.7. The second-order valence-corrected chi connectivity index (χ2v) is 7.21. The zero-order valence-electron chi connectivity index (χ0n) is 9.29. The van der Waals surface area contributed by atoms with Crippen molar-refractivity contribution in [2.24, 2.45) is 5.92 Å². The topological polar surface area (TPSA) is 15.3 Å². The highest BCUT2D eigenvalue weighted by molar-refractivity contribution is 9.11. The van der Waals surface area contributed by atoms with Crippen molar-refractivity contribution in [3.63, 3.8) is 0 Å². The van der Waals surface area contributed by atoms with Crippen molar-refractivity contribution in [3.8, 4) is 0 Å². The van der Waals surface area contributed by atoms with Crippen molar-refractivity contribution >= 4 is 27.3 Å². The minimum Gasteiger partial charge on any atom is -0.312 e. The molecule has 0 aromatic carbocycles. The summed E-state index contributed by atoms with van der Waals surface area (Å²) >= 11 is 5.32. The first kappa shape index (κ1) is 11.2. The maximum absolute atomic E-state index is 3.65. The first-order valence-corrected chi connectivity index (χ1v) is 7.67. The molecule has 0 amide bonds. The third kappa shape index (κ3) is 2.35. The average Bonchev–Trinajstić information content (AvgIpc) is 2.84. The second-order valence-electron chi connectivity index (χ2n) is 4.92. The number of nitrogens with one attached hydrogen (secondary N) is 1. The standard InChI is InChI=1S/C12H17BrN2S/c13-12-4-9(8-16-12)5-15-6-10-2-1-3-14-11(10)7-15/h4,8,10-11,14H,1-3,5-7H2. The molecule has 2 atom stereocenters. The van der Waals surface area contributed by atoms with Gasteiger partial charge in [0.15, 0.2) is 0 Å². The summed E-state index contributed by atoms with van der Waals surface area (Å²) in [7, 11) is 0. The van der Waals surface area contributed by atoms with E-state index < -0.39 is 0 Å². The van der Waals surface area contributed by atoms with Gasteiger partial charge in [0.2, 0.25) is 0 Å². The fourth-order valence-electron chi connectivity index (χ4n) is 2.95. The quantitative estimate of drug-likeness (QED) is 0.903. The van der Waals surface area contributed by atoms with Crippen LogP contribution in [0.4, 0.5) is 0 Å². The third-order valence-corrected chi connectivity index (χ3v) is 5.26. The molecule has 2 aliphatic rings. The average molecular weight is 301 g/mol. The first-order chi connectivity index (χ1) is 7.81. The monoisotopic (exact) mass is 300 g/mol. The van der Waals surface area contributed by atoms with E-state index in [0.717, 1.165) is 18.5 Å². The highest BCUT2D eigenvalue weighted by Gasteiger charge is 2.33. The maximum Gasteiger partial charge on any atom is 0.0701 e. The van der Waals surface area contributed by atoms with E-state index in [-0.39, 0.29) is 0 Å². The van der Waals surface area contributed by atoms with Gasteiger partial charge in [0.05, 0.1) is 3.79 Å². The van der Waals surface area contributed by atoms with Gasteiger partial charge in [0, 0.05) is 25.7 Å². The number of rotatable bonds is 2. The number of halogens is 1. The molecular weight excluding hydrogens is 284 g/mol. The molecule has 3 heterocycles. The molecule has 4 heteroatoms. The SMILES string of the molecule is Brc1cc(CN2CC3CCCNC3C2)cs1. The van der Waals surface area contributed by atoms with Gasteiger partial charge in [0.25, 0.3) is 0 Å². The van der Waals surface area contributed by atoms with Gasteiger partial charge in [-0.3, -0.25) is 4.90 Å². The van der Waals surface area contributed by atoms with E-state index in [1.54, 1.807) is 11.3 Å². The Balaban J connectivity index is 1.61. The van der Waals surface area contributed by atoms with E-state index in [1.165, 1.54) is 41.8 Å². The van der Waals surface area contributed by atoms with Gasteiger partial charge in [-0.15, -0.1) is 11.3 Å². The van der Waals surface area contributed by atoms with Crippen LogP contribution in [0.3, 0.4) is 0 Å². The summed E-state index contributed by atoms with van der Waals surface area (Å²) in [5.74, 6) is 0.899. The van der Waals surface area contributed by atoms with Crippen LogP contribution in [0.2, 0.25) is 0 Å². The predicted octanol–water partition coefficient (Wildman–Crippen LogP) is 2.69. The molecule has 1 aromatic heterocycles. The second kappa shape index (κ2) is 4.77. The van der Waals surface area contributed by atoms with Gasteiger partial charge in [-0.2, -0.15) is 0 Å². The fraction of sp³-hybridized carbons (Fsp3) is 0.667. The molecule has 2 saturated heterocycles. The van der Waals surface area contributed by atoms with E-state index in [9.17, 15) is 0 Å². The smallest absolute Gasteiger partial charge is 0.0701 e. The third-order valence-electron chi connectivity index (χ3n) is 3.70. The number of fused-ring (bicyclic) bond motifs is 1. The lowest BCUT2D eigenvalue weighted by atomic mass is 9.94. The summed E-state index contributed by atoms with van der Waals surface area (Å²) in [6.45, 7) is 4.86. The van der Waals surface area contributed by atoms with E-state index in [4.69, 9.17) is 0 Å². The van der Waals surface area contributed by atoms with Crippen LogP contribution < -0.4 is 5.32 Å². The number of likely N-dealkylation sites (tertiary alicyclic amines) is 1. The minimum atomic E-state index is 0.760. The van der Waals surface area contributed by atoms with E-state index in [1.807, 2.05) is 0 Å². The summed E-state index contributed by atoms with van der Waals surface area (Å²) < 4.78 is 1.25. The molecule has 0 radical (unpaired) electrons. The Labute approximate surface area is 109 Å². The van der Waals surface area contributed by atoms with Crippen molar-refractivity contribution < 1.29 is 0 Å². The molecule has 2 nitrogen and oxygen atoms in total. The van der Waals surface area contributed by atoms with E-state index >= 15 is 0 Å². The van der Waals surface area contributed by atoms with Gasteiger partial charge in [0.1, 0.15) is 0 Å². The number of thiophene rings is 1. The Morgan fingerprint density at radius 3 is 3.19 bits per heavy atom. The molecule has 0 saturated carbocycles. The van der Waals surface area contributed by atoms with Crippen molar-refractivity contribution in [3.05, 3.63) is 20.8 Å². The van der Waals surface area contributed by atoms with Crippen LogP contribution in [0.1, 0.15) is 18.4 Å². The van der Waals surface area contributed by atoms with Crippen LogP contribution in [0, 0.1) is 5.92 Å². The maximum atomic E-state index is 3.65. The van der Waals surface area contributed by atoms with Crippen LogP contribution >= 0.6 is 27.3 Å². The van der Waals surface area contributed by atoms with Crippen molar-refractivity contribution in [1.82, 2.24) is 10.2 Å². The molecule has 0 spiro atoms. The van der Waals surface area contributed by atoms with Crippen LogP contribution in [-0.4, -0.2) is 30.6 Å². The Morgan fingerprint density at radius 2 is 2.44 bits per heavy atom. The molecule has 2 unspecified atom stereocenters. The van der Waals surface area contributed by atoms with Crippen LogP contribution in [0.15, 0.2) is 15.2 Å². The van der Waals surface area contributed by atoms with E-state index in [2.05, 4.69) is 37.6 Å². The summed E-state index contributed by atoms with van der Waals surface area (Å²) in [6, 6.07) is 3.01. The predicted molar refractivity (Wildman–Crippen MR) is 71.8 cm³/mol. The van der Waals surface area contributed by atoms with Gasteiger partial charge in [-0.25, -0.2) is 0 Å². The number of hydrogen-bond acceptors (Lipinski definition) is 3. The summed E-state index contributed by atoms with van der Waals surface area (Å²) in [5.41, 5.74) is 1.45. The largest absolute Gasteiger partial charge is 0.312 e. The Morgan fingerprint density at radius 1 is 1.50 bits per heavy atom. The first-order valence-electron chi connectivity index (χ1n) is 6.00. The van der Waals surface area contributed by atoms with E-state index in [0.29, 0.717) is 0 Å². The molecule has 0 bridgehead atoms. The van der Waals surface area contributed by atoms with Gasteiger partial charge >= 0.3 is 0 Å². The van der Waals surface area contributed by atoms with Crippen molar-refractivity contribution in [1.29, 1.82) is 0 Å². The lowest BCUT2D eigenvalue weighted by molar-refractivity contribution is 0.313. The highest BCUT2D eigenvalue weighted by Crippen LogP contribution is 2.27. The summed E-state index contributed by atoms with van der Waals surface area (Å²) in [4.78, 5) is 2.60. The molecule has 2 aliphatic heterocycles. The molecule has 2 fully saturated rings. The highest BCUT2D eigenvalue weighted by atomic mass is 79.9. The molecule has 0 aliphatic carbocycles. The molecular formula is C12H17BrN2S. The summed E-state index contributed by atoms with van der Waals surface area (Å²) in [6.07, 6.45) is 2.78. The Bertz CT molecular complexity index is 352. The molecule has 16 heavy (non-hydrogen) atoms. The molecule has 88 valence electrons. The zero-order chi connectivity index (χ0) is 11.0.